The van der Waals surface area contributed by atoms with Crippen LogP contribution in [0.3, 0.4) is 0 Å². The van der Waals surface area contributed by atoms with Crippen molar-refractivity contribution >= 4 is 11.4 Å². The number of fused-ring (bicyclic) bond motifs is 1. The summed E-state index contributed by atoms with van der Waals surface area (Å²) in [4.78, 5) is 6.61. The summed E-state index contributed by atoms with van der Waals surface area (Å²) < 4.78 is 0. The average Bonchev–Trinajstić information content (AvgIpc) is 2.51. The van der Waals surface area contributed by atoms with Gasteiger partial charge in [0.15, 0.2) is 0 Å². The number of benzene rings is 1. The molecule has 0 aliphatic carbocycles. The summed E-state index contributed by atoms with van der Waals surface area (Å²) in [5, 5.41) is 10.3. The van der Waals surface area contributed by atoms with Gasteiger partial charge in [0.25, 0.3) is 0 Å². The van der Waals surface area contributed by atoms with Crippen molar-refractivity contribution in [3.63, 3.8) is 0 Å². The van der Waals surface area contributed by atoms with Crippen LogP contribution < -0.4 is 10.6 Å². The van der Waals surface area contributed by atoms with Crippen LogP contribution in [0.15, 0.2) is 54.7 Å². The lowest BCUT2D eigenvalue weighted by Gasteiger charge is -2.39. The molecular formula is C19H23N3O. The van der Waals surface area contributed by atoms with Gasteiger partial charge in [-0.1, -0.05) is 30.3 Å². The van der Waals surface area contributed by atoms with Gasteiger partial charge in [-0.05, 0) is 44.0 Å². The zero-order chi connectivity index (χ0) is 16.4. The van der Waals surface area contributed by atoms with Crippen LogP contribution in [0.5, 0.6) is 0 Å². The molecule has 23 heavy (non-hydrogen) atoms. The van der Waals surface area contributed by atoms with Crippen LogP contribution in [0.25, 0.3) is 5.70 Å². The van der Waals surface area contributed by atoms with E-state index in [1.165, 1.54) is 5.56 Å². The third-order valence-electron chi connectivity index (χ3n) is 3.99. The number of aromatic nitrogens is 1. The monoisotopic (exact) mass is 309 g/mol. The van der Waals surface area contributed by atoms with Crippen molar-refractivity contribution in [2.45, 2.75) is 31.9 Å². The fourth-order valence-electron chi connectivity index (χ4n) is 3.05. The Bertz CT molecular complexity index is 704. The van der Waals surface area contributed by atoms with E-state index in [1.54, 1.807) is 6.20 Å². The molecule has 2 heterocycles. The van der Waals surface area contributed by atoms with Crippen LogP contribution >= 0.6 is 0 Å². The van der Waals surface area contributed by atoms with Crippen molar-refractivity contribution in [2.75, 3.05) is 11.4 Å². The smallest absolute Gasteiger partial charge is 0.109 e. The van der Waals surface area contributed by atoms with Crippen molar-refractivity contribution < 1.29 is 5.11 Å². The normalized spacial score (nSPS) is 17.6. The summed E-state index contributed by atoms with van der Waals surface area (Å²) in [7, 11) is 0. The number of hydrogen-bond acceptors (Lipinski definition) is 4. The van der Waals surface area contributed by atoms with E-state index in [0.717, 1.165) is 17.8 Å². The molecule has 1 unspecified atom stereocenters. The number of nitrogens with two attached hydrogens (primary N) is 1. The van der Waals surface area contributed by atoms with Gasteiger partial charge in [-0.3, -0.25) is 4.98 Å². The van der Waals surface area contributed by atoms with Crippen LogP contribution in [0.2, 0.25) is 0 Å². The van der Waals surface area contributed by atoms with Crippen molar-refractivity contribution in [1.29, 1.82) is 0 Å². The van der Waals surface area contributed by atoms with Crippen molar-refractivity contribution in [1.82, 2.24) is 4.98 Å². The van der Waals surface area contributed by atoms with Gasteiger partial charge in [0.05, 0.1) is 23.0 Å². The minimum atomic E-state index is -0.804. The standard InChI is InChI=1S/C19H23N3O/c1-19(2,23)13-22-15(11-14-7-4-3-5-8-14)12-16(20)18-17(22)9-6-10-21-18/h3-10,12,15,23H,11,13,20H2,1-2H3. The first kappa shape index (κ1) is 15.6. The second-order valence-electron chi connectivity index (χ2n) is 6.69. The highest BCUT2D eigenvalue weighted by atomic mass is 16.3. The topological polar surface area (TPSA) is 62.4 Å². The summed E-state index contributed by atoms with van der Waals surface area (Å²) >= 11 is 0. The largest absolute Gasteiger partial charge is 0.397 e. The van der Waals surface area contributed by atoms with Gasteiger partial charge >= 0.3 is 0 Å². The molecule has 0 saturated carbocycles. The maximum atomic E-state index is 10.3. The fourth-order valence-corrected chi connectivity index (χ4v) is 3.05. The highest BCUT2D eigenvalue weighted by Gasteiger charge is 2.30. The maximum absolute atomic E-state index is 10.3. The fraction of sp³-hybridized carbons (Fsp3) is 0.316. The molecule has 0 spiro atoms. The van der Waals surface area contributed by atoms with Crippen LogP contribution in [0, 0.1) is 0 Å². The van der Waals surface area contributed by atoms with E-state index < -0.39 is 5.60 Å². The number of aliphatic hydroxyl groups is 1. The maximum Gasteiger partial charge on any atom is 0.109 e. The number of nitrogens with zero attached hydrogens (tertiary/aromatic N) is 2. The Hall–Kier alpha value is -2.33. The van der Waals surface area contributed by atoms with Gasteiger partial charge in [0, 0.05) is 12.7 Å². The molecule has 0 saturated heterocycles. The first-order valence-electron chi connectivity index (χ1n) is 7.90. The molecule has 1 aliphatic heterocycles. The molecule has 0 bridgehead atoms. The van der Waals surface area contributed by atoms with Gasteiger partial charge in [-0.2, -0.15) is 0 Å². The minimum Gasteiger partial charge on any atom is -0.397 e. The van der Waals surface area contributed by atoms with E-state index in [2.05, 4.69) is 22.0 Å². The van der Waals surface area contributed by atoms with Gasteiger partial charge in [0.2, 0.25) is 0 Å². The summed E-state index contributed by atoms with van der Waals surface area (Å²) in [6.07, 6.45) is 4.64. The van der Waals surface area contributed by atoms with Gasteiger partial charge in [-0.25, -0.2) is 0 Å². The number of β-amino-alcohol motifs (C(OH)–C–C–N with tert-alkyl or cyclic N) is 1. The lowest BCUT2D eigenvalue weighted by molar-refractivity contribution is 0.0859. The summed E-state index contributed by atoms with van der Waals surface area (Å²) in [5.74, 6) is 0. The lowest BCUT2D eigenvalue weighted by atomic mass is 9.96. The van der Waals surface area contributed by atoms with Crippen LogP contribution in [0.4, 0.5) is 5.69 Å². The van der Waals surface area contributed by atoms with E-state index in [4.69, 9.17) is 5.73 Å². The predicted octanol–water partition coefficient (Wildman–Crippen LogP) is 2.58. The van der Waals surface area contributed by atoms with Crippen LogP contribution in [-0.4, -0.2) is 28.3 Å². The zero-order valence-electron chi connectivity index (χ0n) is 13.6. The number of hydrogen-bond donors (Lipinski definition) is 2. The molecule has 4 heteroatoms. The third kappa shape index (κ3) is 3.54. The number of anilines is 1. The SMILES string of the molecule is CC(C)(O)CN1c2cccnc2C(N)=CC1Cc1ccccc1. The Morgan fingerprint density at radius 2 is 1.91 bits per heavy atom. The molecular weight excluding hydrogens is 286 g/mol. The second kappa shape index (κ2) is 6.05. The predicted molar refractivity (Wildman–Crippen MR) is 94.0 cm³/mol. The van der Waals surface area contributed by atoms with Crippen LogP contribution in [-0.2, 0) is 6.42 Å². The molecule has 1 aliphatic rings. The van der Waals surface area contributed by atoms with E-state index in [-0.39, 0.29) is 6.04 Å². The first-order chi connectivity index (χ1) is 10.9. The van der Waals surface area contributed by atoms with Gasteiger partial charge in [0.1, 0.15) is 5.69 Å². The second-order valence-corrected chi connectivity index (χ2v) is 6.69. The van der Waals surface area contributed by atoms with Crippen LogP contribution in [0.1, 0.15) is 25.1 Å². The lowest BCUT2D eigenvalue weighted by Crippen LogP contribution is -2.47. The molecule has 4 nitrogen and oxygen atoms in total. The molecule has 0 fully saturated rings. The summed E-state index contributed by atoms with van der Waals surface area (Å²) in [5.41, 5.74) is 9.14. The molecule has 2 aromatic rings. The number of rotatable bonds is 4. The van der Waals surface area contributed by atoms with Crippen molar-refractivity contribution in [3.8, 4) is 0 Å². The summed E-state index contributed by atoms with van der Waals surface area (Å²) in [6.45, 7) is 4.17. The molecule has 1 atom stereocenters. The van der Waals surface area contributed by atoms with E-state index >= 15 is 0 Å². The van der Waals surface area contributed by atoms with E-state index in [0.29, 0.717) is 12.2 Å². The molecule has 3 rings (SSSR count). The highest BCUT2D eigenvalue weighted by molar-refractivity contribution is 5.76. The Morgan fingerprint density at radius 1 is 1.17 bits per heavy atom. The van der Waals surface area contributed by atoms with E-state index in [1.807, 2.05) is 50.3 Å². The molecule has 0 amide bonds. The molecule has 3 N–H and O–H groups in total. The Balaban J connectivity index is 1.98. The average molecular weight is 309 g/mol. The third-order valence-corrected chi connectivity index (χ3v) is 3.99. The Morgan fingerprint density at radius 3 is 2.61 bits per heavy atom. The molecule has 1 aromatic carbocycles. The number of pyridine rings is 1. The van der Waals surface area contributed by atoms with Crippen molar-refractivity contribution in [2.24, 2.45) is 5.73 Å². The summed E-state index contributed by atoms with van der Waals surface area (Å²) in [6, 6.07) is 14.4. The van der Waals surface area contributed by atoms with Gasteiger partial charge in [-0.15, -0.1) is 0 Å². The molecule has 0 radical (unpaired) electrons. The van der Waals surface area contributed by atoms with Crippen molar-refractivity contribution in [3.05, 3.63) is 66.0 Å². The highest BCUT2D eigenvalue weighted by Crippen LogP contribution is 2.32. The Kier molecular flexibility index (Phi) is 4.09. The molecule has 1 aromatic heterocycles. The quantitative estimate of drug-likeness (QED) is 0.911. The first-order valence-corrected chi connectivity index (χ1v) is 7.90. The minimum absolute atomic E-state index is 0.0977. The Labute approximate surface area is 137 Å². The molecule has 120 valence electrons. The van der Waals surface area contributed by atoms with Gasteiger partial charge < -0.3 is 15.7 Å². The van der Waals surface area contributed by atoms with E-state index in [9.17, 15) is 5.11 Å². The zero-order valence-corrected chi connectivity index (χ0v) is 13.6.